The van der Waals surface area contributed by atoms with Gasteiger partial charge >= 0.3 is 5.97 Å². The molecule has 0 saturated heterocycles. The van der Waals surface area contributed by atoms with E-state index in [1.54, 1.807) is 23.6 Å². The van der Waals surface area contributed by atoms with Crippen molar-refractivity contribution in [2.45, 2.75) is 6.92 Å². The SMILES string of the molecule is CC(=O)/C(=C\c1csc2c(C#N)cccc12)C(=O)O. The Hall–Kier alpha value is -2.45. The van der Waals surface area contributed by atoms with Crippen molar-refractivity contribution >= 4 is 39.3 Å². The van der Waals surface area contributed by atoms with Crippen LogP contribution in [0.15, 0.2) is 29.2 Å². The van der Waals surface area contributed by atoms with Crippen LogP contribution in [0.25, 0.3) is 16.2 Å². The zero-order valence-electron chi connectivity index (χ0n) is 10.0. The number of hydrogen-bond acceptors (Lipinski definition) is 4. The van der Waals surface area contributed by atoms with Gasteiger partial charge in [-0.25, -0.2) is 4.79 Å². The lowest BCUT2D eigenvalue weighted by Gasteiger charge is -1.97. The van der Waals surface area contributed by atoms with Crippen molar-refractivity contribution in [2.24, 2.45) is 0 Å². The number of benzene rings is 1. The number of ketones is 1. The molecule has 0 atom stereocenters. The van der Waals surface area contributed by atoms with Gasteiger partial charge in [-0.2, -0.15) is 5.26 Å². The van der Waals surface area contributed by atoms with Gasteiger partial charge in [-0.05, 0) is 30.0 Å². The average Bonchev–Trinajstić information content (AvgIpc) is 2.78. The number of thiophene rings is 1. The summed E-state index contributed by atoms with van der Waals surface area (Å²) in [6.07, 6.45) is 1.35. The first-order valence-electron chi connectivity index (χ1n) is 5.41. The van der Waals surface area contributed by atoms with Crippen LogP contribution in [0.4, 0.5) is 0 Å². The number of carboxylic acid groups (broad SMARTS) is 1. The lowest BCUT2D eigenvalue weighted by molar-refractivity contribution is -0.134. The maximum atomic E-state index is 11.3. The van der Waals surface area contributed by atoms with Gasteiger partial charge in [0.05, 0.1) is 10.3 Å². The minimum atomic E-state index is -1.25. The number of fused-ring (bicyclic) bond motifs is 1. The fourth-order valence-corrected chi connectivity index (χ4v) is 2.74. The molecule has 1 heterocycles. The van der Waals surface area contributed by atoms with Gasteiger partial charge in [0.1, 0.15) is 11.6 Å². The Morgan fingerprint density at radius 2 is 2.16 bits per heavy atom. The van der Waals surface area contributed by atoms with E-state index in [-0.39, 0.29) is 5.57 Å². The lowest BCUT2D eigenvalue weighted by atomic mass is 10.1. The molecular formula is C14H9NO3S. The Balaban J connectivity index is 2.65. The molecule has 0 spiro atoms. The van der Waals surface area contributed by atoms with E-state index < -0.39 is 11.8 Å². The summed E-state index contributed by atoms with van der Waals surface area (Å²) in [5, 5.41) is 20.5. The number of nitriles is 1. The summed E-state index contributed by atoms with van der Waals surface area (Å²) in [5.74, 6) is -1.74. The average molecular weight is 271 g/mol. The number of carbonyl (C=O) groups is 2. The third-order valence-electron chi connectivity index (χ3n) is 2.66. The van der Waals surface area contributed by atoms with Crippen LogP contribution in [-0.4, -0.2) is 16.9 Å². The highest BCUT2D eigenvalue weighted by atomic mass is 32.1. The minimum absolute atomic E-state index is 0.262. The van der Waals surface area contributed by atoms with E-state index >= 15 is 0 Å². The van der Waals surface area contributed by atoms with Crippen LogP contribution in [0, 0.1) is 11.3 Å². The van der Waals surface area contributed by atoms with E-state index in [0.717, 1.165) is 10.1 Å². The molecule has 1 aromatic heterocycles. The number of aliphatic carboxylic acids is 1. The molecule has 0 bridgehead atoms. The predicted molar refractivity (Wildman–Crippen MR) is 72.8 cm³/mol. The molecule has 19 heavy (non-hydrogen) atoms. The topological polar surface area (TPSA) is 78.2 Å². The monoisotopic (exact) mass is 271 g/mol. The third kappa shape index (κ3) is 2.39. The van der Waals surface area contributed by atoms with E-state index in [0.29, 0.717) is 11.1 Å². The summed E-state index contributed by atoms with van der Waals surface area (Å²) in [6, 6.07) is 7.33. The van der Waals surface area contributed by atoms with E-state index in [9.17, 15) is 9.59 Å². The van der Waals surface area contributed by atoms with Crippen LogP contribution < -0.4 is 0 Å². The predicted octanol–water partition coefficient (Wildman–Crippen LogP) is 2.83. The minimum Gasteiger partial charge on any atom is -0.478 e. The normalized spacial score (nSPS) is 11.3. The quantitative estimate of drug-likeness (QED) is 0.529. The molecule has 0 saturated carbocycles. The van der Waals surface area contributed by atoms with E-state index in [1.165, 1.54) is 24.3 Å². The third-order valence-corrected chi connectivity index (χ3v) is 3.71. The van der Waals surface area contributed by atoms with Crippen LogP contribution in [0.5, 0.6) is 0 Å². The van der Waals surface area contributed by atoms with Gasteiger partial charge in [-0.15, -0.1) is 11.3 Å². The summed E-state index contributed by atoms with van der Waals surface area (Å²) in [7, 11) is 0. The Labute approximate surface area is 113 Å². The van der Waals surface area contributed by atoms with Gasteiger partial charge in [0.2, 0.25) is 0 Å². The molecule has 2 rings (SSSR count). The van der Waals surface area contributed by atoms with Gasteiger partial charge in [0.15, 0.2) is 5.78 Å². The first-order valence-corrected chi connectivity index (χ1v) is 6.28. The molecule has 0 radical (unpaired) electrons. The number of nitrogens with zero attached hydrogens (tertiary/aromatic N) is 1. The van der Waals surface area contributed by atoms with E-state index in [2.05, 4.69) is 6.07 Å². The molecule has 4 nitrogen and oxygen atoms in total. The van der Waals surface area contributed by atoms with Crippen molar-refractivity contribution in [1.82, 2.24) is 0 Å². The van der Waals surface area contributed by atoms with Gasteiger partial charge in [0.25, 0.3) is 0 Å². The number of hydrogen-bond donors (Lipinski definition) is 1. The highest BCUT2D eigenvalue weighted by molar-refractivity contribution is 7.17. The molecule has 0 fully saturated rings. The van der Waals surface area contributed by atoms with Crippen molar-refractivity contribution in [3.8, 4) is 6.07 Å². The molecule has 0 aliphatic carbocycles. The lowest BCUT2D eigenvalue weighted by Crippen LogP contribution is -2.08. The fraction of sp³-hybridized carbons (Fsp3) is 0.0714. The number of rotatable bonds is 3. The molecular weight excluding hydrogens is 262 g/mol. The zero-order valence-corrected chi connectivity index (χ0v) is 10.8. The molecule has 1 N–H and O–H groups in total. The summed E-state index contributed by atoms with van der Waals surface area (Å²) < 4.78 is 0.796. The molecule has 5 heteroatoms. The number of carbonyl (C=O) groups excluding carboxylic acids is 1. The molecule has 0 aliphatic heterocycles. The maximum absolute atomic E-state index is 11.3. The van der Waals surface area contributed by atoms with Crippen molar-refractivity contribution in [3.63, 3.8) is 0 Å². The van der Waals surface area contributed by atoms with Gasteiger partial charge in [-0.1, -0.05) is 12.1 Å². The summed E-state index contributed by atoms with van der Waals surface area (Å²) >= 11 is 1.36. The van der Waals surface area contributed by atoms with Crippen LogP contribution in [0.1, 0.15) is 18.1 Å². The van der Waals surface area contributed by atoms with Crippen molar-refractivity contribution in [1.29, 1.82) is 5.26 Å². The fourth-order valence-electron chi connectivity index (χ4n) is 1.75. The Bertz CT molecular complexity index is 734. The second-order valence-electron chi connectivity index (χ2n) is 3.90. The summed E-state index contributed by atoms with van der Waals surface area (Å²) in [6.45, 7) is 1.22. The number of Topliss-reactive ketones (excluding diaryl/α,β-unsaturated/α-hetero) is 1. The first kappa shape index (κ1) is 13.0. The van der Waals surface area contributed by atoms with Gasteiger partial charge in [-0.3, -0.25) is 4.79 Å². The van der Waals surface area contributed by atoms with Crippen molar-refractivity contribution in [2.75, 3.05) is 0 Å². The van der Waals surface area contributed by atoms with Crippen LogP contribution in [0.2, 0.25) is 0 Å². The smallest absolute Gasteiger partial charge is 0.339 e. The zero-order chi connectivity index (χ0) is 14.0. The Kier molecular flexibility index (Phi) is 3.45. The molecule has 0 unspecified atom stereocenters. The van der Waals surface area contributed by atoms with E-state index in [1.807, 2.05) is 0 Å². The molecule has 0 amide bonds. The van der Waals surface area contributed by atoms with Gasteiger partial charge in [0, 0.05) is 5.39 Å². The van der Waals surface area contributed by atoms with Crippen molar-refractivity contribution < 1.29 is 14.7 Å². The highest BCUT2D eigenvalue weighted by Gasteiger charge is 2.14. The second-order valence-corrected chi connectivity index (χ2v) is 4.78. The highest BCUT2D eigenvalue weighted by Crippen LogP contribution is 2.30. The Morgan fingerprint density at radius 3 is 2.74 bits per heavy atom. The van der Waals surface area contributed by atoms with Crippen LogP contribution in [-0.2, 0) is 9.59 Å². The number of carboxylic acids is 1. The standard InChI is InChI=1S/C14H9NO3S/c1-8(16)12(14(17)18)5-10-7-19-13-9(6-15)3-2-4-11(10)13/h2-5,7H,1H3,(H,17,18)/b12-5+. The molecule has 2 aromatic rings. The van der Waals surface area contributed by atoms with Gasteiger partial charge < -0.3 is 5.11 Å². The van der Waals surface area contributed by atoms with Crippen molar-refractivity contribution in [3.05, 3.63) is 40.3 Å². The molecule has 1 aromatic carbocycles. The first-order chi connectivity index (χ1) is 9.04. The van der Waals surface area contributed by atoms with Crippen LogP contribution >= 0.6 is 11.3 Å². The molecule has 0 aliphatic rings. The second kappa shape index (κ2) is 5.04. The largest absolute Gasteiger partial charge is 0.478 e. The maximum Gasteiger partial charge on any atom is 0.339 e. The van der Waals surface area contributed by atoms with E-state index in [4.69, 9.17) is 10.4 Å². The molecule has 94 valence electrons. The Morgan fingerprint density at radius 1 is 1.42 bits per heavy atom. The van der Waals surface area contributed by atoms with Crippen LogP contribution in [0.3, 0.4) is 0 Å². The summed E-state index contributed by atoms with van der Waals surface area (Å²) in [4.78, 5) is 22.3. The summed E-state index contributed by atoms with van der Waals surface area (Å²) in [5.41, 5.74) is 0.925.